The summed E-state index contributed by atoms with van der Waals surface area (Å²) in [5.41, 5.74) is 0. The maximum absolute atomic E-state index is 12.9. The van der Waals surface area contributed by atoms with Crippen molar-refractivity contribution in [2.24, 2.45) is 0 Å². The largest absolute Gasteiger partial charge is 0.462 e. The zero-order valence-corrected chi connectivity index (χ0v) is 46.7. The van der Waals surface area contributed by atoms with Gasteiger partial charge in [0.25, 0.3) is 0 Å². The number of ether oxygens (including phenoxy) is 3. The third-order valence-corrected chi connectivity index (χ3v) is 12.9. The second-order valence-corrected chi connectivity index (χ2v) is 19.9. The normalized spacial score (nSPS) is 12.7. The highest BCUT2D eigenvalue weighted by molar-refractivity contribution is 5.71. The van der Waals surface area contributed by atoms with Gasteiger partial charge in [-0.15, -0.1) is 0 Å². The first-order chi connectivity index (χ1) is 35.0. The highest BCUT2D eigenvalue weighted by Crippen LogP contribution is 2.15. The monoisotopic (exact) mass is 989 g/mol. The molecule has 0 spiro atoms. The highest BCUT2D eigenvalue weighted by atomic mass is 16.6. The van der Waals surface area contributed by atoms with Crippen LogP contribution in [0.4, 0.5) is 0 Å². The summed E-state index contributed by atoms with van der Waals surface area (Å²) in [5.74, 6) is -0.905. The predicted molar refractivity (Wildman–Crippen MR) is 307 cm³/mol. The summed E-state index contributed by atoms with van der Waals surface area (Å²) in [4.78, 5) is 38.2. The summed E-state index contributed by atoms with van der Waals surface area (Å²) in [5, 5.41) is 0. The molecule has 0 heterocycles. The molecule has 0 aromatic rings. The van der Waals surface area contributed by atoms with Crippen LogP contribution in [0.25, 0.3) is 0 Å². The molecule has 0 aliphatic heterocycles. The van der Waals surface area contributed by atoms with Gasteiger partial charge < -0.3 is 14.2 Å². The van der Waals surface area contributed by atoms with E-state index in [9.17, 15) is 14.4 Å². The van der Waals surface area contributed by atoms with Crippen molar-refractivity contribution in [2.75, 3.05) is 13.2 Å². The first kappa shape index (κ1) is 67.6. The third kappa shape index (κ3) is 57.4. The van der Waals surface area contributed by atoms with E-state index >= 15 is 0 Å². The average molecular weight is 990 g/mol. The van der Waals surface area contributed by atoms with Gasteiger partial charge in [-0.1, -0.05) is 241 Å². The lowest BCUT2D eigenvalue weighted by atomic mass is 10.1. The van der Waals surface area contributed by atoms with Crippen molar-refractivity contribution in [2.45, 2.75) is 297 Å². The van der Waals surface area contributed by atoms with Crippen molar-refractivity contribution < 1.29 is 28.6 Å². The minimum absolute atomic E-state index is 0.0869. The number of hydrogen-bond acceptors (Lipinski definition) is 6. The smallest absolute Gasteiger partial charge is 0.306 e. The fourth-order valence-electron chi connectivity index (χ4n) is 8.34. The molecule has 0 aliphatic rings. The van der Waals surface area contributed by atoms with Gasteiger partial charge >= 0.3 is 17.9 Å². The molecule has 0 aliphatic carbocycles. The van der Waals surface area contributed by atoms with Crippen LogP contribution < -0.4 is 0 Å². The Morgan fingerprint density at radius 1 is 0.296 bits per heavy atom. The number of esters is 3. The van der Waals surface area contributed by atoms with E-state index < -0.39 is 6.10 Å². The van der Waals surface area contributed by atoms with Crippen molar-refractivity contribution in [3.63, 3.8) is 0 Å². The van der Waals surface area contributed by atoms with Crippen LogP contribution in [0.5, 0.6) is 0 Å². The van der Waals surface area contributed by atoms with Crippen LogP contribution in [0, 0.1) is 0 Å². The Hall–Kier alpha value is -3.41. The van der Waals surface area contributed by atoms with Crippen molar-refractivity contribution in [1.82, 2.24) is 0 Å². The van der Waals surface area contributed by atoms with Crippen LogP contribution >= 0.6 is 0 Å². The SMILES string of the molecule is CC/C=C\C/C=C\C/C=C\CCCCCCCCCC(=O)OC(COC(=O)CCCCCCC/C=C\CCCCCC)COC(=O)CCCCCCCCCC/C=C\C/C=C\C/C=C\CCCCCCC. The Morgan fingerprint density at radius 2 is 0.549 bits per heavy atom. The highest BCUT2D eigenvalue weighted by Gasteiger charge is 2.19. The van der Waals surface area contributed by atoms with Crippen LogP contribution in [0.1, 0.15) is 290 Å². The number of unbranched alkanes of at least 4 members (excludes halogenated alkanes) is 29. The second-order valence-electron chi connectivity index (χ2n) is 19.9. The topological polar surface area (TPSA) is 78.9 Å². The van der Waals surface area contributed by atoms with Crippen molar-refractivity contribution in [3.05, 3.63) is 85.1 Å². The Bertz CT molecular complexity index is 1370. The zero-order chi connectivity index (χ0) is 51.4. The van der Waals surface area contributed by atoms with Gasteiger partial charge in [0.1, 0.15) is 13.2 Å². The Balaban J connectivity index is 4.37. The summed E-state index contributed by atoms with van der Waals surface area (Å²) in [6, 6.07) is 0. The molecule has 0 saturated carbocycles. The molecule has 0 radical (unpaired) electrons. The molecule has 0 saturated heterocycles. The van der Waals surface area contributed by atoms with Gasteiger partial charge in [-0.2, -0.15) is 0 Å². The quantitative estimate of drug-likeness (QED) is 0.0261. The number of carbonyl (C=O) groups excluding carboxylic acids is 3. The fraction of sp³-hybridized carbons (Fsp3) is 0.738. The van der Waals surface area contributed by atoms with Crippen molar-refractivity contribution in [1.29, 1.82) is 0 Å². The van der Waals surface area contributed by atoms with Gasteiger partial charge in [-0.05, 0) is 116 Å². The Kier molecular flexibility index (Phi) is 56.3. The molecule has 0 N–H and O–H groups in total. The lowest BCUT2D eigenvalue weighted by molar-refractivity contribution is -0.167. The Labute approximate surface area is 439 Å². The lowest BCUT2D eigenvalue weighted by Crippen LogP contribution is -2.30. The van der Waals surface area contributed by atoms with Crippen LogP contribution in [-0.2, 0) is 28.6 Å². The van der Waals surface area contributed by atoms with E-state index in [1.807, 2.05) is 0 Å². The standard InChI is InChI=1S/C65H112O6/c1-4-7-10-13-16-19-22-25-27-29-30-31-32-33-34-36-37-40-43-46-49-52-55-58-64(67)70-61-62(60-69-63(66)57-54-51-48-45-42-39-24-21-18-15-12-9-6-3)71-65(68)59-56-53-50-47-44-41-38-35-28-26-23-20-17-14-11-8-5-2/h8,11,17,20-22,24-26,28-30,32-33,62H,4-7,9-10,12-16,18-19,23,27,31,34-61H2,1-3H3/b11-8-,20-17-,24-21-,25-22-,28-26-,30-29-,33-32-. The first-order valence-electron chi connectivity index (χ1n) is 30.1. The predicted octanol–water partition coefficient (Wildman–Crippen LogP) is 20.3. The summed E-state index contributed by atoms with van der Waals surface area (Å²) in [6.45, 7) is 6.50. The fourth-order valence-corrected chi connectivity index (χ4v) is 8.34. The molecule has 0 bridgehead atoms. The van der Waals surface area contributed by atoms with E-state index in [2.05, 4.69) is 106 Å². The van der Waals surface area contributed by atoms with Crippen LogP contribution in [-0.4, -0.2) is 37.2 Å². The summed E-state index contributed by atoms with van der Waals surface area (Å²) in [6.07, 6.45) is 77.2. The molecule has 0 fully saturated rings. The van der Waals surface area contributed by atoms with Crippen molar-refractivity contribution in [3.8, 4) is 0 Å². The van der Waals surface area contributed by atoms with Gasteiger partial charge in [-0.3, -0.25) is 14.4 Å². The maximum atomic E-state index is 12.9. The lowest BCUT2D eigenvalue weighted by Gasteiger charge is -2.18. The first-order valence-corrected chi connectivity index (χ1v) is 30.1. The minimum Gasteiger partial charge on any atom is -0.462 e. The molecule has 0 aromatic carbocycles. The summed E-state index contributed by atoms with van der Waals surface area (Å²) >= 11 is 0. The number of hydrogen-bond donors (Lipinski definition) is 0. The molecule has 0 amide bonds. The van der Waals surface area contributed by atoms with E-state index in [-0.39, 0.29) is 31.1 Å². The molecule has 6 nitrogen and oxygen atoms in total. The van der Waals surface area contributed by atoms with Crippen LogP contribution in [0.3, 0.4) is 0 Å². The molecule has 71 heavy (non-hydrogen) atoms. The van der Waals surface area contributed by atoms with Gasteiger partial charge in [0.2, 0.25) is 0 Å². The molecule has 0 rings (SSSR count). The third-order valence-electron chi connectivity index (χ3n) is 12.9. The van der Waals surface area contributed by atoms with Gasteiger partial charge in [-0.25, -0.2) is 0 Å². The van der Waals surface area contributed by atoms with Gasteiger partial charge in [0.15, 0.2) is 6.10 Å². The molecule has 408 valence electrons. The molecule has 1 unspecified atom stereocenters. The number of allylic oxidation sites excluding steroid dienone is 14. The van der Waals surface area contributed by atoms with Crippen LogP contribution in [0.2, 0.25) is 0 Å². The zero-order valence-electron chi connectivity index (χ0n) is 46.7. The van der Waals surface area contributed by atoms with Crippen molar-refractivity contribution >= 4 is 17.9 Å². The van der Waals surface area contributed by atoms with Gasteiger partial charge in [0.05, 0.1) is 0 Å². The second kappa shape index (κ2) is 59.2. The molecular formula is C65H112O6. The maximum Gasteiger partial charge on any atom is 0.306 e. The molecule has 6 heteroatoms. The number of carbonyl (C=O) groups is 3. The summed E-state index contributed by atoms with van der Waals surface area (Å²) < 4.78 is 16.9. The molecule has 0 aromatic heterocycles. The van der Waals surface area contributed by atoms with E-state index in [4.69, 9.17) is 14.2 Å². The van der Waals surface area contributed by atoms with E-state index in [1.165, 1.54) is 141 Å². The van der Waals surface area contributed by atoms with Crippen LogP contribution in [0.15, 0.2) is 85.1 Å². The minimum atomic E-state index is -0.789. The molecular weight excluding hydrogens is 877 g/mol. The summed E-state index contributed by atoms with van der Waals surface area (Å²) in [7, 11) is 0. The average Bonchev–Trinajstić information content (AvgIpc) is 3.37. The Morgan fingerprint density at radius 3 is 0.887 bits per heavy atom. The van der Waals surface area contributed by atoms with E-state index in [1.54, 1.807) is 0 Å². The molecule has 1 atom stereocenters. The van der Waals surface area contributed by atoms with Gasteiger partial charge in [0, 0.05) is 19.3 Å². The van der Waals surface area contributed by atoms with E-state index in [0.717, 1.165) is 109 Å². The number of rotatable bonds is 54. The van der Waals surface area contributed by atoms with E-state index in [0.29, 0.717) is 19.3 Å².